The van der Waals surface area contributed by atoms with Crippen LogP contribution in [0.25, 0.3) is 17.2 Å². The summed E-state index contributed by atoms with van der Waals surface area (Å²) in [5.41, 5.74) is 15.1. The minimum absolute atomic E-state index is 0.290. The van der Waals surface area contributed by atoms with Crippen LogP contribution in [0.2, 0.25) is 0 Å². The zero-order valence-electron chi connectivity index (χ0n) is 24.8. The lowest BCUT2D eigenvalue weighted by Gasteiger charge is -2.33. The molecule has 0 aliphatic heterocycles. The van der Waals surface area contributed by atoms with E-state index in [-0.39, 0.29) is 5.41 Å². The highest BCUT2D eigenvalue weighted by atomic mass is 14.4. The molecular formula is C38H48. The summed E-state index contributed by atoms with van der Waals surface area (Å²) in [6.07, 6.45) is 17.0. The Hall–Kier alpha value is -2.60. The van der Waals surface area contributed by atoms with Gasteiger partial charge in [0.1, 0.15) is 0 Å². The Bertz CT molecular complexity index is 1310. The topological polar surface area (TPSA) is 0 Å². The van der Waals surface area contributed by atoms with Gasteiger partial charge in [0, 0.05) is 5.92 Å². The van der Waals surface area contributed by atoms with Crippen LogP contribution < -0.4 is 0 Å². The highest BCUT2D eigenvalue weighted by Gasteiger charge is 2.32. The van der Waals surface area contributed by atoms with Crippen LogP contribution in [-0.4, -0.2) is 0 Å². The normalized spacial score (nSPS) is 22.6. The average molecular weight is 505 g/mol. The molecule has 0 N–H and O–H groups in total. The second kappa shape index (κ2) is 10.2. The van der Waals surface area contributed by atoms with Gasteiger partial charge in [-0.2, -0.15) is 0 Å². The maximum Gasteiger partial charge on any atom is 0.00827 e. The highest BCUT2D eigenvalue weighted by molar-refractivity contribution is 5.80. The third kappa shape index (κ3) is 5.56. The molecule has 0 aromatic heterocycles. The molecule has 1 saturated carbocycles. The van der Waals surface area contributed by atoms with Crippen molar-refractivity contribution in [3.63, 3.8) is 0 Å². The fraction of sp³-hybridized carbons (Fsp3) is 0.474. The van der Waals surface area contributed by atoms with Crippen LogP contribution >= 0.6 is 0 Å². The molecule has 0 heterocycles. The molecule has 0 saturated heterocycles. The van der Waals surface area contributed by atoms with Gasteiger partial charge in [-0.15, -0.1) is 0 Å². The van der Waals surface area contributed by atoms with E-state index in [1.807, 2.05) is 0 Å². The van der Waals surface area contributed by atoms with Gasteiger partial charge in [0.2, 0.25) is 0 Å². The van der Waals surface area contributed by atoms with E-state index < -0.39 is 0 Å². The molecule has 0 spiro atoms. The van der Waals surface area contributed by atoms with Crippen molar-refractivity contribution in [1.82, 2.24) is 0 Å². The largest absolute Gasteiger partial charge is 0.0986 e. The zero-order valence-corrected chi connectivity index (χ0v) is 24.8. The minimum atomic E-state index is 0.290. The Kier molecular flexibility index (Phi) is 7.23. The van der Waals surface area contributed by atoms with Crippen molar-refractivity contribution in [3.8, 4) is 11.1 Å². The molecule has 0 radical (unpaired) electrons. The molecule has 2 aromatic rings. The third-order valence-corrected chi connectivity index (χ3v) is 9.51. The molecule has 38 heavy (non-hydrogen) atoms. The first kappa shape index (κ1) is 27.0. The van der Waals surface area contributed by atoms with Gasteiger partial charge in [-0.1, -0.05) is 119 Å². The Morgan fingerprint density at radius 2 is 1.74 bits per heavy atom. The van der Waals surface area contributed by atoms with Crippen molar-refractivity contribution in [2.24, 2.45) is 22.7 Å². The first-order chi connectivity index (χ1) is 17.9. The van der Waals surface area contributed by atoms with E-state index in [4.69, 9.17) is 0 Å². The Labute approximate surface area is 232 Å². The van der Waals surface area contributed by atoms with Crippen molar-refractivity contribution in [2.45, 2.75) is 92.9 Å². The van der Waals surface area contributed by atoms with E-state index in [1.54, 1.807) is 5.56 Å². The number of hydrogen-bond donors (Lipinski definition) is 0. The molecule has 0 amide bonds. The minimum Gasteiger partial charge on any atom is -0.0986 e. The number of rotatable bonds is 6. The van der Waals surface area contributed by atoms with Crippen LogP contribution in [0.1, 0.15) is 94.0 Å². The molecule has 2 aromatic carbocycles. The van der Waals surface area contributed by atoms with E-state index in [1.165, 1.54) is 82.2 Å². The van der Waals surface area contributed by atoms with Crippen LogP contribution in [0.4, 0.5) is 0 Å². The van der Waals surface area contributed by atoms with Crippen LogP contribution in [0.15, 0.2) is 72.4 Å². The molecule has 0 nitrogen and oxygen atoms in total. The number of fused-ring (bicyclic) bond motifs is 1. The molecule has 3 aliphatic carbocycles. The van der Waals surface area contributed by atoms with Crippen LogP contribution in [0.5, 0.6) is 0 Å². The van der Waals surface area contributed by atoms with E-state index in [0.717, 1.165) is 19.3 Å². The molecule has 2 atom stereocenters. The molecule has 0 heteroatoms. The summed E-state index contributed by atoms with van der Waals surface area (Å²) in [7, 11) is 0. The molecule has 200 valence electrons. The first-order valence-electron chi connectivity index (χ1n) is 14.9. The van der Waals surface area contributed by atoms with E-state index in [2.05, 4.69) is 103 Å². The molecule has 3 aliphatic rings. The van der Waals surface area contributed by atoms with Crippen LogP contribution in [-0.2, 0) is 12.8 Å². The lowest BCUT2D eigenvalue weighted by molar-refractivity contribution is 0.334. The van der Waals surface area contributed by atoms with Gasteiger partial charge in [0.05, 0.1) is 0 Å². The second-order valence-corrected chi connectivity index (χ2v) is 14.3. The monoisotopic (exact) mass is 504 g/mol. The van der Waals surface area contributed by atoms with Gasteiger partial charge >= 0.3 is 0 Å². The lowest BCUT2D eigenvalue weighted by atomic mass is 9.71. The maximum atomic E-state index is 4.61. The molecular weight excluding hydrogens is 456 g/mol. The lowest BCUT2D eigenvalue weighted by Crippen LogP contribution is -2.21. The van der Waals surface area contributed by atoms with Gasteiger partial charge in [0.15, 0.2) is 0 Å². The summed E-state index contributed by atoms with van der Waals surface area (Å²) < 4.78 is 0. The fourth-order valence-electron chi connectivity index (χ4n) is 7.48. The molecule has 1 fully saturated rings. The van der Waals surface area contributed by atoms with Gasteiger partial charge in [0.25, 0.3) is 0 Å². The predicted octanol–water partition coefficient (Wildman–Crippen LogP) is 10.8. The van der Waals surface area contributed by atoms with Crippen LogP contribution in [0.3, 0.4) is 0 Å². The molecule has 0 bridgehead atoms. The van der Waals surface area contributed by atoms with Gasteiger partial charge in [-0.25, -0.2) is 0 Å². The Morgan fingerprint density at radius 3 is 2.45 bits per heavy atom. The highest BCUT2D eigenvalue weighted by Crippen LogP contribution is 2.46. The molecule has 5 rings (SSSR count). The predicted molar refractivity (Wildman–Crippen MR) is 166 cm³/mol. The average Bonchev–Trinajstić information content (AvgIpc) is 3.45. The fourth-order valence-corrected chi connectivity index (χ4v) is 7.48. The summed E-state index contributed by atoms with van der Waals surface area (Å²) in [5, 5.41) is 0. The third-order valence-electron chi connectivity index (χ3n) is 9.51. The van der Waals surface area contributed by atoms with Gasteiger partial charge in [-0.3, -0.25) is 0 Å². The summed E-state index contributed by atoms with van der Waals surface area (Å²) >= 11 is 0. The quantitative estimate of drug-likeness (QED) is 0.343. The van der Waals surface area contributed by atoms with Crippen molar-refractivity contribution in [2.75, 3.05) is 0 Å². The van der Waals surface area contributed by atoms with E-state index >= 15 is 0 Å². The standard InChI is InChI=1S/C38H48/c1-25-18-27(3)36(24-38(8)16-9-10-17-38)35(19-25)32-13-11-12-30-20-29(22-34(30)32)21-33-26(2)14-15-31(28(33)4)23-37(5,6)7/h11-15,18-20,31,33H,2,4,9-10,16-17,21-24H2,1,3,5-8H3. The molecule has 2 unspecified atom stereocenters. The van der Waals surface area contributed by atoms with Crippen molar-refractivity contribution in [1.29, 1.82) is 0 Å². The van der Waals surface area contributed by atoms with Crippen molar-refractivity contribution in [3.05, 3.63) is 100 Å². The Balaban J connectivity index is 1.42. The summed E-state index contributed by atoms with van der Waals surface area (Å²) in [5.74, 6) is 0.788. The second-order valence-electron chi connectivity index (χ2n) is 14.3. The van der Waals surface area contributed by atoms with Crippen molar-refractivity contribution < 1.29 is 0 Å². The van der Waals surface area contributed by atoms with Gasteiger partial charge in [-0.05, 0) is 108 Å². The summed E-state index contributed by atoms with van der Waals surface area (Å²) in [6, 6.07) is 11.8. The number of allylic oxidation sites excluding steroid dienone is 5. The van der Waals surface area contributed by atoms with Crippen LogP contribution in [0, 0.1) is 36.5 Å². The Morgan fingerprint density at radius 1 is 1.00 bits per heavy atom. The first-order valence-corrected chi connectivity index (χ1v) is 14.9. The maximum absolute atomic E-state index is 4.61. The number of benzene rings is 2. The number of hydrogen-bond acceptors (Lipinski definition) is 0. The smallest absolute Gasteiger partial charge is 0.00827 e. The van der Waals surface area contributed by atoms with Crippen molar-refractivity contribution >= 4 is 6.08 Å². The zero-order chi connectivity index (χ0) is 27.2. The van der Waals surface area contributed by atoms with Gasteiger partial charge < -0.3 is 0 Å². The summed E-state index contributed by atoms with van der Waals surface area (Å²) in [4.78, 5) is 0. The summed E-state index contributed by atoms with van der Waals surface area (Å²) in [6.45, 7) is 23.2. The SMILES string of the molecule is C=C1C=CC(CC(C)(C)C)C(=C)C1CC1=Cc2cccc(-c3cc(C)cc(C)c3CC3(C)CCCC3)c2C1. The van der Waals surface area contributed by atoms with E-state index in [9.17, 15) is 0 Å². The van der Waals surface area contributed by atoms with E-state index in [0.29, 0.717) is 17.3 Å². The number of aryl methyl sites for hydroxylation is 2.